The Morgan fingerprint density at radius 2 is 1.81 bits per heavy atom. The van der Waals surface area contributed by atoms with Crippen molar-refractivity contribution in [1.82, 2.24) is 9.88 Å². The molecule has 1 unspecified atom stereocenters. The molecular formula is C27H30N4O6. The molecule has 1 fully saturated rings. The zero-order valence-corrected chi connectivity index (χ0v) is 20.7. The third-order valence-corrected chi connectivity index (χ3v) is 6.65. The van der Waals surface area contributed by atoms with Gasteiger partial charge < -0.3 is 39.9 Å². The van der Waals surface area contributed by atoms with Gasteiger partial charge >= 0.3 is 0 Å². The summed E-state index contributed by atoms with van der Waals surface area (Å²) >= 11 is 0. The number of carbonyl (C=O) groups is 1. The molecule has 10 heteroatoms. The zero-order valence-electron chi connectivity index (χ0n) is 20.7. The van der Waals surface area contributed by atoms with Gasteiger partial charge in [0.1, 0.15) is 36.0 Å². The number of nitriles is 1. The van der Waals surface area contributed by atoms with E-state index in [-0.39, 0.29) is 5.57 Å². The molecule has 2 heterocycles. The fourth-order valence-electron chi connectivity index (χ4n) is 4.41. The second kappa shape index (κ2) is 10.7. The van der Waals surface area contributed by atoms with Gasteiger partial charge in [0.05, 0.1) is 6.61 Å². The highest BCUT2D eigenvalue weighted by atomic mass is 16.6. The number of aliphatic hydroxyl groups is 4. The van der Waals surface area contributed by atoms with Crippen LogP contribution in [0.3, 0.4) is 0 Å². The van der Waals surface area contributed by atoms with Gasteiger partial charge in [-0.3, -0.25) is 4.79 Å². The summed E-state index contributed by atoms with van der Waals surface area (Å²) in [5.74, 6) is -0.853. The molecule has 0 saturated carbocycles. The monoisotopic (exact) mass is 506 g/mol. The zero-order chi connectivity index (χ0) is 26.9. The van der Waals surface area contributed by atoms with Crippen LogP contribution < -0.4 is 10.2 Å². The minimum atomic E-state index is -1.68. The maximum absolute atomic E-state index is 12.8. The predicted molar refractivity (Wildman–Crippen MR) is 138 cm³/mol. The lowest BCUT2D eigenvalue weighted by atomic mass is 9.97. The van der Waals surface area contributed by atoms with Gasteiger partial charge in [-0.1, -0.05) is 18.2 Å². The van der Waals surface area contributed by atoms with Crippen molar-refractivity contribution in [3.8, 4) is 17.3 Å². The van der Waals surface area contributed by atoms with Crippen LogP contribution in [0.15, 0.2) is 54.1 Å². The van der Waals surface area contributed by atoms with Crippen molar-refractivity contribution in [3.05, 3.63) is 59.8 Å². The molecule has 1 aliphatic rings. The first-order valence-electron chi connectivity index (χ1n) is 11.7. The Kier molecular flexibility index (Phi) is 7.63. The van der Waals surface area contributed by atoms with Crippen LogP contribution in [0.2, 0.25) is 0 Å². The van der Waals surface area contributed by atoms with E-state index >= 15 is 0 Å². The SMILES string of the molecule is CN(C)c1ccc2cc(-c3ccc(/C=C(\C#N)C(=O)N[C@H]4C(O)O[C@H](CO)[C@@H](O)[C@@H]4O)n3C)ccc2c1. The normalized spacial score (nSPS) is 24.1. The maximum atomic E-state index is 12.8. The fraction of sp³-hybridized carbons (Fsp3) is 0.333. The minimum Gasteiger partial charge on any atom is -0.394 e. The molecule has 1 aliphatic heterocycles. The summed E-state index contributed by atoms with van der Waals surface area (Å²) in [5.41, 5.74) is 3.28. The van der Waals surface area contributed by atoms with Crippen molar-refractivity contribution >= 4 is 28.4 Å². The average Bonchev–Trinajstić information content (AvgIpc) is 3.25. The van der Waals surface area contributed by atoms with Crippen LogP contribution in [0.1, 0.15) is 5.69 Å². The summed E-state index contributed by atoms with van der Waals surface area (Å²) in [4.78, 5) is 14.8. The largest absolute Gasteiger partial charge is 0.394 e. The Hall–Kier alpha value is -3.72. The molecule has 1 saturated heterocycles. The summed E-state index contributed by atoms with van der Waals surface area (Å²) < 4.78 is 6.91. The number of nitrogens with one attached hydrogen (secondary N) is 1. The van der Waals surface area contributed by atoms with E-state index in [0.29, 0.717) is 5.69 Å². The first-order valence-corrected chi connectivity index (χ1v) is 11.7. The number of anilines is 1. The van der Waals surface area contributed by atoms with Crippen molar-refractivity contribution in [3.63, 3.8) is 0 Å². The standard InChI is InChI=1S/C27H30N4O6/c1-30(2)19-7-6-15-10-17(5-4-16(15)11-19)21-9-8-20(31(21)3)12-18(13-28)26(35)29-23-25(34)24(33)22(14-32)37-27(23)36/h4-12,22-25,27,32-34,36H,14H2,1-3H3,(H,29,35)/b18-12+/t22-,23-,24-,25-,27?/m1/s1. The smallest absolute Gasteiger partial charge is 0.262 e. The number of ether oxygens (including phenoxy) is 1. The molecule has 0 radical (unpaired) electrons. The van der Waals surface area contributed by atoms with Gasteiger partial charge in [0.15, 0.2) is 6.29 Å². The summed E-state index contributed by atoms with van der Waals surface area (Å²) in [6, 6.07) is 16.5. The molecule has 10 nitrogen and oxygen atoms in total. The number of rotatable bonds is 6. The van der Waals surface area contributed by atoms with Gasteiger partial charge in [-0.05, 0) is 52.7 Å². The van der Waals surface area contributed by atoms with E-state index in [1.165, 1.54) is 6.08 Å². The number of nitrogens with zero attached hydrogens (tertiary/aromatic N) is 3. The minimum absolute atomic E-state index is 0.263. The van der Waals surface area contributed by atoms with Crippen LogP contribution in [0.4, 0.5) is 5.69 Å². The average molecular weight is 507 g/mol. The second-order valence-electron chi connectivity index (χ2n) is 9.24. The Morgan fingerprint density at radius 1 is 1.11 bits per heavy atom. The van der Waals surface area contributed by atoms with E-state index in [4.69, 9.17) is 4.74 Å². The number of amides is 1. The third-order valence-electron chi connectivity index (χ3n) is 6.65. The summed E-state index contributed by atoms with van der Waals surface area (Å²) in [6.07, 6.45) is -4.61. The molecule has 0 spiro atoms. The highest BCUT2D eigenvalue weighted by Crippen LogP contribution is 2.29. The topological polar surface area (TPSA) is 151 Å². The number of aliphatic hydroxyl groups excluding tert-OH is 4. The summed E-state index contributed by atoms with van der Waals surface area (Å²) in [6.45, 7) is -0.622. The van der Waals surface area contributed by atoms with E-state index in [1.807, 2.05) is 54.9 Å². The van der Waals surface area contributed by atoms with Gasteiger partial charge in [-0.15, -0.1) is 0 Å². The lowest BCUT2D eigenvalue weighted by Crippen LogP contribution is -2.64. The first kappa shape index (κ1) is 26.3. The number of hydrogen-bond acceptors (Lipinski definition) is 8. The highest BCUT2D eigenvalue weighted by molar-refractivity contribution is 6.02. The van der Waals surface area contributed by atoms with Crippen LogP contribution in [0, 0.1) is 11.3 Å². The van der Waals surface area contributed by atoms with Gasteiger partial charge in [-0.25, -0.2) is 0 Å². The molecule has 1 amide bonds. The predicted octanol–water partition coefficient (Wildman–Crippen LogP) is 0.734. The lowest BCUT2D eigenvalue weighted by molar-refractivity contribution is -0.253. The molecule has 4 rings (SSSR count). The molecule has 194 valence electrons. The first-order chi connectivity index (χ1) is 17.6. The number of benzene rings is 2. The van der Waals surface area contributed by atoms with Crippen molar-refractivity contribution < 1.29 is 30.0 Å². The molecule has 5 atom stereocenters. The Bertz CT molecular complexity index is 1370. The van der Waals surface area contributed by atoms with Crippen LogP contribution >= 0.6 is 0 Å². The quantitative estimate of drug-likeness (QED) is 0.243. The van der Waals surface area contributed by atoms with Crippen LogP contribution in [-0.4, -0.2) is 82.2 Å². The number of aromatic nitrogens is 1. The molecule has 37 heavy (non-hydrogen) atoms. The van der Waals surface area contributed by atoms with Gasteiger partial charge in [0.25, 0.3) is 5.91 Å². The van der Waals surface area contributed by atoms with Gasteiger partial charge in [0.2, 0.25) is 0 Å². The van der Waals surface area contributed by atoms with E-state index in [1.54, 1.807) is 6.07 Å². The Balaban J connectivity index is 1.56. The summed E-state index contributed by atoms with van der Waals surface area (Å²) in [7, 11) is 5.81. The Morgan fingerprint density at radius 3 is 2.49 bits per heavy atom. The summed E-state index contributed by atoms with van der Waals surface area (Å²) in [5, 5.41) is 53.8. The molecule has 0 aliphatic carbocycles. The fourth-order valence-corrected chi connectivity index (χ4v) is 4.41. The van der Waals surface area contributed by atoms with Crippen molar-refractivity contribution in [2.75, 3.05) is 25.6 Å². The van der Waals surface area contributed by atoms with Crippen LogP contribution in [0.25, 0.3) is 28.1 Å². The van der Waals surface area contributed by atoms with Crippen LogP contribution in [0.5, 0.6) is 0 Å². The molecule has 2 aromatic carbocycles. The van der Waals surface area contributed by atoms with Gasteiger partial charge in [0, 0.05) is 38.2 Å². The van der Waals surface area contributed by atoms with E-state index in [9.17, 15) is 30.5 Å². The molecule has 0 bridgehead atoms. The second-order valence-corrected chi connectivity index (χ2v) is 9.24. The molecule has 5 N–H and O–H groups in total. The molecule has 3 aromatic rings. The molecule has 1 aromatic heterocycles. The Labute approximate surface area is 214 Å². The maximum Gasteiger partial charge on any atom is 0.262 e. The van der Waals surface area contributed by atoms with Gasteiger partial charge in [-0.2, -0.15) is 5.26 Å². The van der Waals surface area contributed by atoms with Crippen LogP contribution in [-0.2, 0) is 16.6 Å². The third kappa shape index (κ3) is 5.22. The van der Waals surface area contributed by atoms with Crippen molar-refractivity contribution in [1.29, 1.82) is 5.26 Å². The van der Waals surface area contributed by atoms with E-state index in [2.05, 4.69) is 29.6 Å². The lowest BCUT2D eigenvalue weighted by Gasteiger charge is -2.40. The number of hydrogen-bond donors (Lipinski definition) is 5. The highest BCUT2D eigenvalue weighted by Gasteiger charge is 2.44. The van der Waals surface area contributed by atoms with Crippen molar-refractivity contribution in [2.45, 2.75) is 30.6 Å². The van der Waals surface area contributed by atoms with Crippen molar-refractivity contribution in [2.24, 2.45) is 7.05 Å². The van der Waals surface area contributed by atoms with E-state index in [0.717, 1.165) is 27.7 Å². The molecular weight excluding hydrogens is 476 g/mol. The number of fused-ring (bicyclic) bond motifs is 1. The van der Waals surface area contributed by atoms with E-state index < -0.39 is 43.2 Å². The number of carbonyl (C=O) groups excluding carboxylic acids is 1.